The fraction of sp³-hybridized carbons (Fsp3) is 0.333. The van der Waals surface area contributed by atoms with Crippen molar-refractivity contribution in [3.05, 3.63) is 61.3 Å². The zero-order chi connectivity index (χ0) is 21.9. The van der Waals surface area contributed by atoms with Crippen molar-refractivity contribution in [2.45, 2.75) is 13.8 Å². The number of fused-ring (bicyclic) bond motifs is 2. The number of aromatic nitrogens is 2. The van der Waals surface area contributed by atoms with Crippen LogP contribution < -0.4 is 25.7 Å². The van der Waals surface area contributed by atoms with Gasteiger partial charge in [0.25, 0.3) is 0 Å². The second-order valence-electron chi connectivity index (χ2n) is 7.91. The standard InChI is InChI=1S/C21H21N5O4S/c1-12-3-4-16-18(13(12)2)25-20-17(31-16)9-14(26(29)30)10-24(20)19(21(25)28)15(27)11-23-7-5-22-6-8-23/h3-4,9-10,22H,5-8,11H2,1-2H3. The molecule has 0 unspecified atom stereocenters. The fourth-order valence-corrected chi connectivity index (χ4v) is 5.45. The summed E-state index contributed by atoms with van der Waals surface area (Å²) in [6.07, 6.45) is 1.29. The molecule has 0 aliphatic carbocycles. The molecule has 0 atom stereocenters. The predicted molar refractivity (Wildman–Crippen MR) is 116 cm³/mol. The number of nitrogens with one attached hydrogen (secondary N) is 1. The molecule has 9 nitrogen and oxygen atoms in total. The van der Waals surface area contributed by atoms with Crippen molar-refractivity contribution in [2.75, 3.05) is 32.7 Å². The van der Waals surface area contributed by atoms with Crippen molar-refractivity contribution in [3.8, 4) is 5.82 Å². The van der Waals surface area contributed by atoms with Crippen molar-refractivity contribution in [3.63, 3.8) is 0 Å². The number of pyridine rings is 1. The van der Waals surface area contributed by atoms with Gasteiger partial charge in [-0.25, -0.2) is 4.79 Å². The number of nitro groups is 1. The van der Waals surface area contributed by atoms with Crippen LogP contribution in [0.3, 0.4) is 0 Å². The predicted octanol–water partition coefficient (Wildman–Crippen LogP) is -0.154. The van der Waals surface area contributed by atoms with Crippen LogP contribution in [0.15, 0.2) is 29.2 Å². The molecule has 1 aromatic carbocycles. The molecule has 3 aliphatic rings. The first-order valence-corrected chi connectivity index (χ1v) is 10.9. The number of piperazine rings is 1. The summed E-state index contributed by atoms with van der Waals surface area (Å²) in [6.45, 7) is 7.02. The van der Waals surface area contributed by atoms with Crippen LogP contribution >= 0.6 is 11.3 Å². The average molecular weight is 439 g/mol. The maximum Gasteiger partial charge on any atom is 0.385 e. The average Bonchev–Trinajstić information content (AvgIpc) is 3.04. The number of imidazole rings is 1. The molecular formula is C21H21N5O4S. The second kappa shape index (κ2) is 7.26. The Kier molecular flexibility index (Phi) is 4.65. The Hall–Kier alpha value is -3.08. The first-order chi connectivity index (χ1) is 14.9. The summed E-state index contributed by atoms with van der Waals surface area (Å²) in [5.41, 5.74) is 2.14. The monoisotopic (exact) mass is 439 g/mol. The van der Waals surface area contributed by atoms with Crippen molar-refractivity contribution in [1.29, 1.82) is 0 Å². The molecule has 160 valence electrons. The Morgan fingerprint density at radius 1 is 1.26 bits per heavy atom. The van der Waals surface area contributed by atoms with E-state index in [-0.39, 0.29) is 23.3 Å². The van der Waals surface area contributed by atoms with Crippen LogP contribution in [0.1, 0.15) is 11.1 Å². The Bertz CT molecular complexity index is 1430. The fourth-order valence-electron chi connectivity index (χ4n) is 4.28. The van der Waals surface area contributed by atoms with Gasteiger partial charge in [-0.2, -0.15) is 8.97 Å². The summed E-state index contributed by atoms with van der Waals surface area (Å²) in [6, 6.07) is 5.36. The minimum absolute atomic E-state index is 0.0344. The maximum atomic E-state index is 13.6. The SMILES string of the molecule is Cc1ccc2sc3cc([N+](=O)[O-])c[n+]4c3-n(c(=O)/c4=C(\[O-])CN3CCNCC3)c2c1C. The van der Waals surface area contributed by atoms with Crippen molar-refractivity contribution < 1.29 is 14.4 Å². The van der Waals surface area contributed by atoms with Gasteiger partial charge in [-0.15, -0.1) is 11.3 Å². The lowest BCUT2D eigenvalue weighted by atomic mass is 10.1. The zero-order valence-corrected chi connectivity index (χ0v) is 18.0. The maximum absolute atomic E-state index is 13.6. The molecule has 1 N–H and O–H groups in total. The van der Waals surface area contributed by atoms with Gasteiger partial charge < -0.3 is 10.4 Å². The quantitative estimate of drug-likeness (QED) is 0.206. The summed E-state index contributed by atoms with van der Waals surface area (Å²) >= 11 is 1.38. The normalized spacial score (nSPS) is 16.5. The first kappa shape index (κ1) is 19.9. The molecule has 1 fully saturated rings. The van der Waals surface area contributed by atoms with Gasteiger partial charge in [0.2, 0.25) is 5.35 Å². The number of rotatable bonds is 3. The number of nitrogens with zero attached hydrogens (tertiary/aromatic N) is 4. The number of hydrogen-bond acceptors (Lipinski definition) is 7. The van der Waals surface area contributed by atoms with Crippen LogP contribution in [0.5, 0.6) is 0 Å². The van der Waals surface area contributed by atoms with E-state index in [1.165, 1.54) is 28.0 Å². The highest BCUT2D eigenvalue weighted by atomic mass is 32.1. The van der Waals surface area contributed by atoms with E-state index in [0.29, 0.717) is 23.6 Å². The van der Waals surface area contributed by atoms with Gasteiger partial charge in [0.1, 0.15) is 4.70 Å². The number of hydrogen-bond donors (Lipinski definition) is 1. The van der Waals surface area contributed by atoms with Crippen molar-refractivity contribution >= 4 is 37.7 Å². The molecule has 0 radical (unpaired) electrons. The van der Waals surface area contributed by atoms with Crippen LogP contribution in [0, 0.1) is 24.0 Å². The van der Waals surface area contributed by atoms with E-state index >= 15 is 0 Å². The highest BCUT2D eigenvalue weighted by Gasteiger charge is 2.32. The van der Waals surface area contributed by atoms with E-state index in [9.17, 15) is 20.0 Å². The molecule has 3 aliphatic heterocycles. The summed E-state index contributed by atoms with van der Waals surface area (Å²) in [5.74, 6) is 0.177. The molecule has 0 saturated carbocycles. The molecule has 4 heterocycles. The largest absolute Gasteiger partial charge is 0.872 e. The molecule has 1 aromatic heterocycles. The summed E-state index contributed by atoms with van der Waals surface area (Å²) in [7, 11) is 0. The molecular weight excluding hydrogens is 418 g/mol. The van der Waals surface area contributed by atoms with E-state index in [0.717, 1.165) is 34.4 Å². The summed E-state index contributed by atoms with van der Waals surface area (Å²) in [4.78, 5) is 26.7. The number of benzene rings is 1. The number of aryl methyl sites for hydroxylation is 2. The van der Waals surface area contributed by atoms with Crippen LogP contribution in [-0.4, -0.2) is 47.1 Å². The Morgan fingerprint density at radius 3 is 2.71 bits per heavy atom. The van der Waals surface area contributed by atoms with Crippen LogP contribution in [-0.2, 0) is 0 Å². The van der Waals surface area contributed by atoms with E-state index < -0.39 is 10.5 Å². The Labute approximate surface area is 180 Å². The molecule has 10 heteroatoms. The molecule has 0 spiro atoms. The smallest absolute Gasteiger partial charge is 0.385 e. The van der Waals surface area contributed by atoms with Crippen LogP contribution in [0.4, 0.5) is 5.69 Å². The molecule has 5 rings (SSSR count). The molecule has 2 aromatic rings. The minimum Gasteiger partial charge on any atom is -0.872 e. The van der Waals surface area contributed by atoms with Crippen molar-refractivity contribution in [1.82, 2.24) is 14.8 Å². The van der Waals surface area contributed by atoms with E-state index in [4.69, 9.17) is 0 Å². The highest BCUT2D eigenvalue weighted by molar-refractivity contribution is 7.24. The van der Waals surface area contributed by atoms with E-state index in [2.05, 4.69) is 5.32 Å². The van der Waals surface area contributed by atoms with Gasteiger partial charge >= 0.3 is 17.1 Å². The highest BCUT2D eigenvalue weighted by Crippen LogP contribution is 2.33. The Balaban J connectivity index is 1.92. The van der Waals surface area contributed by atoms with Gasteiger partial charge in [0.05, 0.1) is 9.62 Å². The van der Waals surface area contributed by atoms with Gasteiger partial charge in [0, 0.05) is 44.4 Å². The van der Waals surface area contributed by atoms with Gasteiger partial charge in [0.15, 0.2) is 11.7 Å². The third-order valence-corrected chi connectivity index (χ3v) is 7.08. The third kappa shape index (κ3) is 3.06. The lowest BCUT2D eigenvalue weighted by molar-refractivity contribution is -0.552. The zero-order valence-electron chi connectivity index (χ0n) is 17.2. The lowest BCUT2D eigenvalue weighted by Crippen LogP contribution is -2.51. The molecule has 31 heavy (non-hydrogen) atoms. The van der Waals surface area contributed by atoms with Crippen LogP contribution in [0.2, 0.25) is 0 Å². The van der Waals surface area contributed by atoms with Crippen molar-refractivity contribution in [2.24, 2.45) is 0 Å². The van der Waals surface area contributed by atoms with Gasteiger partial charge in [-0.1, -0.05) is 11.8 Å². The topological polar surface area (TPSA) is 108 Å². The summed E-state index contributed by atoms with van der Waals surface area (Å²) < 4.78 is 4.41. The third-order valence-electron chi connectivity index (χ3n) is 6.01. The van der Waals surface area contributed by atoms with Gasteiger partial charge in [-0.05, 0) is 25.5 Å². The summed E-state index contributed by atoms with van der Waals surface area (Å²) in [5, 5.41) is 28.0. The second-order valence-corrected chi connectivity index (χ2v) is 8.99. The molecule has 0 amide bonds. The Morgan fingerprint density at radius 2 is 2.00 bits per heavy atom. The molecule has 0 bridgehead atoms. The molecule has 1 saturated heterocycles. The van der Waals surface area contributed by atoms with Gasteiger partial charge in [-0.3, -0.25) is 15.0 Å². The van der Waals surface area contributed by atoms with Crippen LogP contribution in [0.25, 0.3) is 26.5 Å². The minimum atomic E-state index is -0.494. The first-order valence-electron chi connectivity index (χ1n) is 10.1. The van der Waals surface area contributed by atoms with E-state index in [1.54, 1.807) is 4.57 Å². The lowest BCUT2D eigenvalue weighted by Gasteiger charge is -2.29. The van der Waals surface area contributed by atoms with E-state index in [1.807, 2.05) is 30.9 Å².